The molecule has 0 aromatic carbocycles. The largest absolute Gasteiger partial charge is 0.412 e. The van der Waals surface area contributed by atoms with Gasteiger partial charge >= 0.3 is 0 Å². The van der Waals surface area contributed by atoms with Gasteiger partial charge in [-0.15, -0.1) is 0 Å². The number of hydrogen-bond acceptors (Lipinski definition) is 1. The van der Waals surface area contributed by atoms with E-state index in [0.29, 0.717) is 0 Å². The molecule has 0 aliphatic heterocycles. The van der Waals surface area contributed by atoms with E-state index < -0.39 is 0 Å². The monoisotopic (exact) mass is 259 g/mol. The second-order valence-corrected chi connectivity index (χ2v) is 6.27. The van der Waals surface area contributed by atoms with Crippen LogP contribution in [0.15, 0.2) is 0 Å². The zero-order chi connectivity index (χ0) is 13.0. The molecule has 0 unspecified atom stereocenters. The molecule has 0 heterocycles. The summed E-state index contributed by atoms with van der Waals surface area (Å²) in [6.07, 6.45) is 16.7. The minimum absolute atomic E-state index is 0. The van der Waals surface area contributed by atoms with Crippen molar-refractivity contribution in [1.29, 1.82) is 0 Å². The van der Waals surface area contributed by atoms with Gasteiger partial charge in [0, 0.05) is 5.54 Å². The van der Waals surface area contributed by atoms with Crippen LogP contribution in [-0.4, -0.2) is 11.0 Å². The summed E-state index contributed by atoms with van der Waals surface area (Å²) in [7, 11) is 0. The Balaban J connectivity index is 0. The number of hydrogen-bond donors (Lipinski definition) is 1. The summed E-state index contributed by atoms with van der Waals surface area (Å²) >= 11 is 0. The van der Waals surface area contributed by atoms with Crippen LogP contribution in [0.25, 0.3) is 0 Å². The first-order chi connectivity index (χ1) is 8.06. The fourth-order valence-electron chi connectivity index (χ4n) is 2.24. The van der Waals surface area contributed by atoms with Crippen molar-refractivity contribution < 1.29 is 5.48 Å². The number of unbranched alkanes of at least 4 members (excludes halogenated alkanes) is 10. The Hall–Kier alpha value is -0.0800. The summed E-state index contributed by atoms with van der Waals surface area (Å²) in [5, 5.41) is 0. The minimum atomic E-state index is 0. The molecule has 0 radical (unpaired) electrons. The van der Waals surface area contributed by atoms with Crippen molar-refractivity contribution in [3.05, 3.63) is 0 Å². The van der Waals surface area contributed by atoms with Gasteiger partial charge in [0.1, 0.15) is 0 Å². The smallest absolute Gasteiger partial charge is 0.00970 e. The molecule has 2 heteroatoms. The normalized spacial score (nSPS) is 11.3. The van der Waals surface area contributed by atoms with Gasteiger partial charge < -0.3 is 11.2 Å². The van der Waals surface area contributed by atoms with Gasteiger partial charge in [0.25, 0.3) is 0 Å². The number of rotatable bonds is 12. The van der Waals surface area contributed by atoms with Crippen molar-refractivity contribution in [2.45, 2.75) is 103 Å². The maximum Gasteiger partial charge on any atom is 0.00970 e. The average molecular weight is 259 g/mol. The standard InChI is InChI=1S/C16H35N.H2O/c1-4-5-6-7-8-9-10-11-12-13-14-15-16(2,3)17;/h4-15,17H2,1-3H3;1H2. The van der Waals surface area contributed by atoms with Crippen LogP contribution >= 0.6 is 0 Å². The third kappa shape index (κ3) is 18.3. The zero-order valence-corrected chi connectivity index (χ0v) is 13.1. The van der Waals surface area contributed by atoms with Crippen LogP contribution in [0.2, 0.25) is 0 Å². The Morgan fingerprint density at radius 1 is 0.667 bits per heavy atom. The Morgan fingerprint density at radius 2 is 1.00 bits per heavy atom. The third-order valence-electron chi connectivity index (χ3n) is 3.42. The van der Waals surface area contributed by atoms with Gasteiger partial charge in [-0.05, 0) is 20.3 Å². The van der Waals surface area contributed by atoms with Crippen LogP contribution < -0.4 is 5.73 Å². The zero-order valence-electron chi connectivity index (χ0n) is 13.1. The van der Waals surface area contributed by atoms with Crippen molar-refractivity contribution in [3.63, 3.8) is 0 Å². The average Bonchev–Trinajstić information content (AvgIpc) is 2.24. The number of nitrogens with two attached hydrogens (primary N) is 1. The summed E-state index contributed by atoms with van der Waals surface area (Å²) in [5.41, 5.74) is 6.00. The van der Waals surface area contributed by atoms with E-state index in [-0.39, 0.29) is 11.0 Å². The predicted molar refractivity (Wildman–Crippen MR) is 83.0 cm³/mol. The summed E-state index contributed by atoms with van der Waals surface area (Å²) in [5.74, 6) is 0. The van der Waals surface area contributed by atoms with E-state index in [9.17, 15) is 0 Å². The molecule has 18 heavy (non-hydrogen) atoms. The maximum absolute atomic E-state index is 5.96. The Labute approximate surface area is 115 Å². The molecule has 0 aliphatic carbocycles. The highest BCUT2D eigenvalue weighted by Gasteiger charge is 2.08. The molecule has 0 fully saturated rings. The van der Waals surface area contributed by atoms with Gasteiger partial charge in [-0.3, -0.25) is 0 Å². The second kappa shape index (κ2) is 13.4. The molecular weight excluding hydrogens is 222 g/mol. The summed E-state index contributed by atoms with van der Waals surface area (Å²) in [6.45, 7) is 6.54. The second-order valence-electron chi connectivity index (χ2n) is 6.27. The van der Waals surface area contributed by atoms with Crippen LogP contribution in [-0.2, 0) is 0 Å². The van der Waals surface area contributed by atoms with Gasteiger partial charge in [-0.25, -0.2) is 0 Å². The molecule has 4 N–H and O–H groups in total. The van der Waals surface area contributed by atoms with E-state index in [4.69, 9.17) is 5.73 Å². The van der Waals surface area contributed by atoms with E-state index in [1.165, 1.54) is 77.0 Å². The molecule has 0 aromatic heterocycles. The van der Waals surface area contributed by atoms with Gasteiger partial charge in [-0.2, -0.15) is 0 Å². The van der Waals surface area contributed by atoms with Crippen molar-refractivity contribution in [1.82, 2.24) is 0 Å². The molecular formula is C16H37NO. The molecule has 0 spiro atoms. The summed E-state index contributed by atoms with van der Waals surface area (Å²) < 4.78 is 0. The topological polar surface area (TPSA) is 57.5 Å². The highest BCUT2D eigenvalue weighted by Crippen LogP contribution is 2.14. The van der Waals surface area contributed by atoms with Crippen LogP contribution in [0.4, 0.5) is 0 Å². The molecule has 2 nitrogen and oxygen atoms in total. The van der Waals surface area contributed by atoms with Gasteiger partial charge in [0.15, 0.2) is 0 Å². The van der Waals surface area contributed by atoms with Crippen LogP contribution in [0.5, 0.6) is 0 Å². The predicted octanol–water partition coefficient (Wildman–Crippen LogP) is 4.60. The quantitative estimate of drug-likeness (QED) is 0.512. The minimum Gasteiger partial charge on any atom is -0.412 e. The summed E-state index contributed by atoms with van der Waals surface area (Å²) in [6, 6.07) is 0. The lowest BCUT2D eigenvalue weighted by atomic mass is 9.97. The lowest BCUT2D eigenvalue weighted by Crippen LogP contribution is -2.31. The van der Waals surface area contributed by atoms with E-state index in [1.807, 2.05) is 0 Å². The highest BCUT2D eigenvalue weighted by atomic mass is 16.0. The van der Waals surface area contributed by atoms with Crippen LogP contribution in [0.1, 0.15) is 97.8 Å². The van der Waals surface area contributed by atoms with Gasteiger partial charge in [-0.1, -0.05) is 77.6 Å². The van der Waals surface area contributed by atoms with Crippen molar-refractivity contribution in [2.24, 2.45) is 5.73 Å². The molecule has 0 atom stereocenters. The lowest BCUT2D eigenvalue weighted by Gasteiger charge is -2.17. The first kappa shape index (κ1) is 20.2. The Kier molecular flexibility index (Phi) is 15.0. The molecule has 0 aromatic rings. The van der Waals surface area contributed by atoms with Crippen LogP contribution in [0, 0.1) is 0 Å². The highest BCUT2D eigenvalue weighted by molar-refractivity contribution is 4.70. The SMILES string of the molecule is CCCCCCCCCCCCCC(C)(C)N.O. The fraction of sp³-hybridized carbons (Fsp3) is 1.00. The first-order valence-electron chi connectivity index (χ1n) is 7.85. The van der Waals surface area contributed by atoms with Crippen molar-refractivity contribution in [3.8, 4) is 0 Å². The van der Waals surface area contributed by atoms with E-state index in [0.717, 1.165) is 0 Å². The Bertz CT molecular complexity index is 152. The maximum atomic E-state index is 5.96. The molecule has 112 valence electrons. The van der Waals surface area contributed by atoms with E-state index in [1.54, 1.807) is 0 Å². The third-order valence-corrected chi connectivity index (χ3v) is 3.42. The molecule has 0 saturated carbocycles. The molecule has 0 rings (SSSR count). The van der Waals surface area contributed by atoms with E-state index in [2.05, 4.69) is 20.8 Å². The van der Waals surface area contributed by atoms with Crippen LogP contribution in [0.3, 0.4) is 0 Å². The van der Waals surface area contributed by atoms with Crippen molar-refractivity contribution in [2.75, 3.05) is 0 Å². The Morgan fingerprint density at radius 3 is 1.33 bits per heavy atom. The lowest BCUT2D eigenvalue weighted by molar-refractivity contribution is 0.440. The molecule has 0 saturated heterocycles. The van der Waals surface area contributed by atoms with E-state index >= 15 is 0 Å². The molecule has 0 aliphatic rings. The van der Waals surface area contributed by atoms with Gasteiger partial charge in [0.2, 0.25) is 0 Å². The van der Waals surface area contributed by atoms with Gasteiger partial charge in [0.05, 0.1) is 0 Å². The molecule has 0 amide bonds. The van der Waals surface area contributed by atoms with Crippen molar-refractivity contribution >= 4 is 0 Å². The summed E-state index contributed by atoms with van der Waals surface area (Å²) in [4.78, 5) is 0. The molecule has 0 bridgehead atoms. The first-order valence-corrected chi connectivity index (χ1v) is 7.85. The fourth-order valence-corrected chi connectivity index (χ4v) is 2.24.